The number of halogens is 1. The number of nitrogens with one attached hydrogen (secondary N) is 1. The predicted molar refractivity (Wildman–Crippen MR) is 122 cm³/mol. The van der Waals surface area contributed by atoms with Crippen LogP contribution in [0.1, 0.15) is 48.7 Å². The van der Waals surface area contributed by atoms with E-state index in [2.05, 4.69) is 20.3 Å². The van der Waals surface area contributed by atoms with Crippen LogP contribution in [0.3, 0.4) is 0 Å². The lowest BCUT2D eigenvalue weighted by Gasteiger charge is -2.43. The van der Waals surface area contributed by atoms with Crippen LogP contribution in [0.5, 0.6) is 0 Å². The Hall–Kier alpha value is -3.43. The van der Waals surface area contributed by atoms with Crippen LogP contribution in [-0.2, 0) is 0 Å². The fourth-order valence-electron chi connectivity index (χ4n) is 4.24. The SMILES string of the molecule is C[C@H]1C[C@@H](c2ccncc2NC(=O)c2nc(-c3cc(F)ccn3)ccc2N)C[C@@H](O)[C@]1(C)O. The Balaban J connectivity index is 1.61. The Morgan fingerprint density at radius 2 is 2.00 bits per heavy atom. The molecule has 0 aliphatic heterocycles. The number of nitrogens with zero attached hydrogens (tertiary/aromatic N) is 3. The standard InChI is InChI=1S/C24H26FN5O3/c1-13-9-14(10-21(31)24(13,2)33)16-6-7-27-12-20(16)30-23(32)22-17(26)3-4-18(29-22)19-11-15(25)5-8-28-19/h3-8,11-14,21,31,33H,9-10,26H2,1-2H3,(H,30,32)/t13-,14+,21+,24+/m0/s1. The molecule has 3 aromatic rings. The van der Waals surface area contributed by atoms with Crippen LogP contribution in [0.2, 0.25) is 0 Å². The van der Waals surface area contributed by atoms with Gasteiger partial charge in [0.15, 0.2) is 5.69 Å². The van der Waals surface area contributed by atoms with Gasteiger partial charge in [-0.1, -0.05) is 6.92 Å². The molecule has 1 aliphatic rings. The molecule has 33 heavy (non-hydrogen) atoms. The van der Waals surface area contributed by atoms with Crippen LogP contribution in [0.15, 0.2) is 48.9 Å². The highest BCUT2D eigenvalue weighted by molar-refractivity contribution is 6.06. The lowest BCUT2D eigenvalue weighted by atomic mass is 9.69. The summed E-state index contributed by atoms with van der Waals surface area (Å²) >= 11 is 0. The Kier molecular flexibility index (Phi) is 6.09. The minimum Gasteiger partial charge on any atom is -0.397 e. The van der Waals surface area contributed by atoms with Gasteiger partial charge < -0.3 is 21.3 Å². The van der Waals surface area contributed by atoms with E-state index in [9.17, 15) is 19.4 Å². The number of carbonyl (C=O) groups is 1. The topological polar surface area (TPSA) is 134 Å². The fourth-order valence-corrected chi connectivity index (χ4v) is 4.24. The minimum absolute atomic E-state index is 0.0201. The number of aromatic nitrogens is 3. The van der Waals surface area contributed by atoms with Crippen molar-refractivity contribution in [1.29, 1.82) is 0 Å². The zero-order valence-corrected chi connectivity index (χ0v) is 18.4. The summed E-state index contributed by atoms with van der Waals surface area (Å²) < 4.78 is 13.6. The van der Waals surface area contributed by atoms with Crippen molar-refractivity contribution in [3.63, 3.8) is 0 Å². The summed E-state index contributed by atoms with van der Waals surface area (Å²) in [6, 6.07) is 7.34. The molecule has 0 radical (unpaired) electrons. The zero-order chi connectivity index (χ0) is 23.8. The third-order valence-corrected chi connectivity index (χ3v) is 6.49. The molecule has 0 aromatic carbocycles. The summed E-state index contributed by atoms with van der Waals surface area (Å²) in [6.45, 7) is 3.54. The van der Waals surface area contributed by atoms with E-state index in [1.165, 1.54) is 30.6 Å². The number of carbonyl (C=O) groups excluding carboxylic acids is 1. The number of aliphatic hydroxyl groups excluding tert-OH is 1. The predicted octanol–water partition coefficient (Wildman–Crippen LogP) is 3.14. The van der Waals surface area contributed by atoms with Gasteiger partial charge in [0.05, 0.1) is 40.7 Å². The molecule has 4 atom stereocenters. The molecule has 1 fully saturated rings. The smallest absolute Gasteiger partial charge is 0.276 e. The van der Waals surface area contributed by atoms with Gasteiger partial charge in [-0.15, -0.1) is 0 Å². The summed E-state index contributed by atoms with van der Waals surface area (Å²) in [7, 11) is 0. The van der Waals surface area contributed by atoms with Crippen molar-refractivity contribution in [3.05, 3.63) is 66.0 Å². The van der Waals surface area contributed by atoms with E-state index >= 15 is 0 Å². The molecule has 0 saturated heterocycles. The highest BCUT2D eigenvalue weighted by atomic mass is 19.1. The molecule has 0 bridgehead atoms. The summed E-state index contributed by atoms with van der Waals surface area (Å²) in [5.74, 6) is -1.23. The largest absolute Gasteiger partial charge is 0.397 e. The lowest BCUT2D eigenvalue weighted by molar-refractivity contribution is -0.123. The van der Waals surface area contributed by atoms with Crippen LogP contribution in [-0.4, -0.2) is 42.8 Å². The molecule has 3 heterocycles. The van der Waals surface area contributed by atoms with Crippen LogP contribution in [0, 0.1) is 11.7 Å². The second-order valence-electron chi connectivity index (χ2n) is 8.72. The van der Waals surface area contributed by atoms with Gasteiger partial charge in [-0.05, 0) is 61.4 Å². The lowest BCUT2D eigenvalue weighted by Crippen LogP contribution is -2.49. The van der Waals surface area contributed by atoms with E-state index in [0.717, 1.165) is 5.56 Å². The summed E-state index contributed by atoms with van der Waals surface area (Å²) in [5, 5.41) is 23.8. The average Bonchev–Trinajstić information content (AvgIpc) is 2.78. The second-order valence-corrected chi connectivity index (χ2v) is 8.72. The Morgan fingerprint density at radius 1 is 1.21 bits per heavy atom. The van der Waals surface area contributed by atoms with Crippen molar-refractivity contribution in [3.8, 4) is 11.4 Å². The number of hydrogen-bond acceptors (Lipinski definition) is 7. The second kappa shape index (κ2) is 8.84. The number of pyridine rings is 3. The summed E-state index contributed by atoms with van der Waals surface area (Å²) in [5.41, 5.74) is 6.85. The maximum absolute atomic E-state index is 13.6. The number of aliphatic hydroxyl groups is 2. The Bertz CT molecular complexity index is 1170. The quantitative estimate of drug-likeness (QED) is 0.479. The monoisotopic (exact) mass is 451 g/mol. The van der Waals surface area contributed by atoms with E-state index in [0.29, 0.717) is 24.2 Å². The molecule has 4 rings (SSSR count). The van der Waals surface area contributed by atoms with Crippen LogP contribution >= 0.6 is 0 Å². The van der Waals surface area contributed by atoms with Gasteiger partial charge in [0, 0.05) is 18.5 Å². The van der Waals surface area contributed by atoms with E-state index in [1.54, 1.807) is 25.3 Å². The molecular weight excluding hydrogens is 425 g/mol. The molecule has 8 nitrogen and oxygen atoms in total. The third kappa shape index (κ3) is 4.55. The van der Waals surface area contributed by atoms with Crippen LogP contribution in [0.4, 0.5) is 15.8 Å². The zero-order valence-electron chi connectivity index (χ0n) is 18.4. The molecule has 1 amide bonds. The number of anilines is 2. The van der Waals surface area contributed by atoms with E-state index in [4.69, 9.17) is 5.73 Å². The molecular formula is C24H26FN5O3. The number of hydrogen-bond donors (Lipinski definition) is 4. The molecule has 3 aromatic heterocycles. The van der Waals surface area contributed by atoms with Gasteiger partial charge >= 0.3 is 0 Å². The molecule has 172 valence electrons. The number of nitrogens with two attached hydrogens (primary N) is 1. The maximum atomic E-state index is 13.6. The van der Waals surface area contributed by atoms with E-state index in [1.807, 2.05) is 6.92 Å². The first-order valence-electron chi connectivity index (χ1n) is 10.7. The van der Waals surface area contributed by atoms with Crippen molar-refractivity contribution >= 4 is 17.3 Å². The van der Waals surface area contributed by atoms with Crippen LogP contribution in [0.25, 0.3) is 11.4 Å². The van der Waals surface area contributed by atoms with Crippen LogP contribution < -0.4 is 11.1 Å². The van der Waals surface area contributed by atoms with Gasteiger partial charge in [0.25, 0.3) is 5.91 Å². The molecule has 5 N–H and O–H groups in total. The minimum atomic E-state index is -1.17. The molecule has 0 spiro atoms. The summed E-state index contributed by atoms with van der Waals surface area (Å²) in [4.78, 5) is 25.6. The number of rotatable bonds is 4. The average molecular weight is 452 g/mol. The molecule has 9 heteroatoms. The van der Waals surface area contributed by atoms with Gasteiger partial charge in [0.2, 0.25) is 0 Å². The Labute approximate surface area is 190 Å². The van der Waals surface area contributed by atoms with Crippen molar-refractivity contribution in [2.75, 3.05) is 11.1 Å². The first kappa shape index (κ1) is 22.8. The van der Waals surface area contributed by atoms with E-state index in [-0.39, 0.29) is 28.9 Å². The van der Waals surface area contributed by atoms with Crippen molar-refractivity contribution in [2.24, 2.45) is 5.92 Å². The van der Waals surface area contributed by atoms with Crippen molar-refractivity contribution in [2.45, 2.75) is 44.3 Å². The van der Waals surface area contributed by atoms with Gasteiger partial charge in [-0.25, -0.2) is 9.37 Å². The molecule has 0 unspecified atom stereocenters. The highest BCUT2D eigenvalue weighted by Crippen LogP contribution is 2.43. The normalized spacial score (nSPS) is 24.9. The highest BCUT2D eigenvalue weighted by Gasteiger charge is 2.43. The molecule has 1 saturated carbocycles. The van der Waals surface area contributed by atoms with Gasteiger partial charge in [-0.3, -0.25) is 14.8 Å². The molecule has 1 aliphatic carbocycles. The first-order chi connectivity index (χ1) is 15.7. The van der Waals surface area contributed by atoms with Crippen molar-refractivity contribution in [1.82, 2.24) is 15.0 Å². The number of nitrogen functional groups attached to an aromatic ring is 1. The van der Waals surface area contributed by atoms with Crippen molar-refractivity contribution < 1.29 is 19.4 Å². The summed E-state index contributed by atoms with van der Waals surface area (Å²) in [6.07, 6.45) is 4.57. The third-order valence-electron chi connectivity index (χ3n) is 6.49. The fraction of sp³-hybridized carbons (Fsp3) is 0.333. The Morgan fingerprint density at radius 3 is 2.73 bits per heavy atom. The van der Waals surface area contributed by atoms with E-state index < -0.39 is 23.4 Å². The number of amides is 1. The first-order valence-corrected chi connectivity index (χ1v) is 10.7. The van der Waals surface area contributed by atoms with Gasteiger partial charge in [-0.2, -0.15) is 0 Å². The maximum Gasteiger partial charge on any atom is 0.276 e. The van der Waals surface area contributed by atoms with Gasteiger partial charge in [0.1, 0.15) is 5.82 Å².